The average Bonchev–Trinajstić information content (AvgIpc) is 2.69. The third-order valence-electron chi connectivity index (χ3n) is 3.05. The van der Waals surface area contributed by atoms with Crippen LogP contribution in [-0.4, -0.2) is 33.3 Å². The van der Waals surface area contributed by atoms with Gasteiger partial charge in [0.2, 0.25) is 5.91 Å². The highest BCUT2D eigenvalue weighted by Crippen LogP contribution is 2.22. The minimum atomic E-state index is -0.938. The molecular weight excluding hydrogens is 222 g/mol. The number of amides is 1. The number of hydrogen-bond acceptors (Lipinski definition) is 3. The summed E-state index contributed by atoms with van der Waals surface area (Å²) in [6, 6.07) is 0. The van der Waals surface area contributed by atoms with Crippen molar-refractivity contribution in [2.24, 2.45) is 5.92 Å². The lowest BCUT2D eigenvalue weighted by Gasteiger charge is -2.23. The molecule has 0 aliphatic carbocycles. The van der Waals surface area contributed by atoms with Crippen LogP contribution in [0.4, 0.5) is 0 Å². The minimum Gasteiger partial charge on any atom is -0.478 e. The molecule has 92 valence electrons. The molecule has 0 fully saturated rings. The standard InChI is InChI=1S/C11H15N3O3/c1-7(15)12-5-8-2-3-14-10(4-8)9(6-13-14)11(16)17/h6,8H,2-5H2,1H3,(H,12,15)(H,16,17). The van der Waals surface area contributed by atoms with Crippen LogP contribution in [0.2, 0.25) is 0 Å². The van der Waals surface area contributed by atoms with Gasteiger partial charge in [-0.3, -0.25) is 9.48 Å². The van der Waals surface area contributed by atoms with Gasteiger partial charge in [0.05, 0.1) is 11.9 Å². The number of aryl methyl sites for hydroxylation is 1. The highest BCUT2D eigenvalue weighted by atomic mass is 16.4. The molecule has 1 unspecified atom stereocenters. The maximum Gasteiger partial charge on any atom is 0.339 e. The van der Waals surface area contributed by atoms with E-state index in [1.54, 1.807) is 4.68 Å². The first-order valence-corrected chi connectivity index (χ1v) is 5.60. The molecule has 0 spiro atoms. The molecule has 6 nitrogen and oxygen atoms in total. The number of carboxylic acid groups (broad SMARTS) is 1. The lowest BCUT2D eigenvalue weighted by atomic mass is 9.94. The number of nitrogens with zero attached hydrogens (tertiary/aromatic N) is 2. The van der Waals surface area contributed by atoms with E-state index in [0.717, 1.165) is 12.1 Å². The van der Waals surface area contributed by atoms with Crippen LogP contribution in [0.5, 0.6) is 0 Å². The number of carboxylic acids is 1. The van der Waals surface area contributed by atoms with E-state index in [4.69, 9.17) is 5.11 Å². The Kier molecular flexibility index (Phi) is 3.12. The highest BCUT2D eigenvalue weighted by Gasteiger charge is 2.24. The van der Waals surface area contributed by atoms with Gasteiger partial charge in [0.15, 0.2) is 0 Å². The van der Waals surface area contributed by atoms with E-state index in [-0.39, 0.29) is 11.5 Å². The molecule has 1 aromatic heterocycles. The first kappa shape index (κ1) is 11.6. The van der Waals surface area contributed by atoms with E-state index >= 15 is 0 Å². The van der Waals surface area contributed by atoms with Crippen molar-refractivity contribution < 1.29 is 14.7 Å². The summed E-state index contributed by atoms with van der Waals surface area (Å²) in [5, 5.41) is 15.8. The Labute approximate surface area is 98.6 Å². The molecule has 2 rings (SSSR count). The number of carbonyl (C=O) groups is 2. The fourth-order valence-electron chi connectivity index (χ4n) is 2.14. The fraction of sp³-hybridized carbons (Fsp3) is 0.545. The van der Waals surface area contributed by atoms with Gasteiger partial charge in [-0.1, -0.05) is 0 Å². The van der Waals surface area contributed by atoms with Crippen molar-refractivity contribution in [2.75, 3.05) is 6.54 Å². The number of nitrogens with one attached hydrogen (secondary N) is 1. The van der Waals surface area contributed by atoms with Crippen molar-refractivity contribution in [3.05, 3.63) is 17.5 Å². The van der Waals surface area contributed by atoms with Crippen molar-refractivity contribution >= 4 is 11.9 Å². The van der Waals surface area contributed by atoms with E-state index in [1.807, 2.05) is 0 Å². The zero-order valence-corrected chi connectivity index (χ0v) is 9.64. The van der Waals surface area contributed by atoms with Crippen LogP contribution in [0.1, 0.15) is 29.4 Å². The summed E-state index contributed by atoms with van der Waals surface area (Å²) >= 11 is 0. The summed E-state index contributed by atoms with van der Waals surface area (Å²) in [6.45, 7) is 2.79. The Bertz CT molecular complexity index is 453. The molecule has 6 heteroatoms. The Morgan fingerprint density at radius 2 is 2.41 bits per heavy atom. The second kappa shape index (κ2) is 4.57. The SMILES string of the molecule is CC(=O)NCC1CCn2ncc(C(=O)O)c2C1. The van der Waals surface area contributed by atoms with Crippen LogP contribution in [0.15, 0.2) is 6.20 Å². The molecule has 0 saturated carbocycles. The van der Waals surface area contributed by atoms with Gasteiger partial charge in [0, 0.05) is 20.0 Å². The van der Waals surface area contributed by atoms with Crippen LogP contribution >= 0.6 is 0 Å². The summed E-state index contributed by atoms with van der Waals surface area (Å²) in [5.41, 5.74) is 1.04. The third-order valence-corrected chi connectivity index (χ3v) is 3.05. The van der Waals surface area contributed by atoms with Gasteiger partial charge in [0.1, 0.15) is 5.56 Å². The van der Waals surface area contributed by atoms with Crippen molar-refractivity contribution in [1.29, 1.82) is 0 Å². The fourth-order valence-corrected chi connectivity index (χ4v) is 2.14. The van der Waals surface area contributed by atoms with E-state index < -0.39 is 5.97 Å². The Hall–Kier alpha value is -1.85. The molecule has 1 atom stereocenters. The molecule has 1 aliphatic rings. The molecule has 2 N–H and O–H groups in total. The van der Waals surface area contributed by atoms with Gasteiger partial charge < -0.3 is 10.4 Å². The smallest absolute Gasteiger partial charge is 0.339 e. The molecule has 1 aliphatic heterocycles. The normalized spacial score (nSPS) is 18.5. The molecular formula is C11H15N3O3. The third kappa shape index (κ3) is 2.46. The van der Waals surface area contributed by atoms with Crippen molar-refractivity contribution in [2.45, 2.75) is 26.3 Å². The van der Waals surface area contributed by atoms with E-state index in [2.05, 4.69) is 10.4 Å². The number of carbonyl (C=O) groups excluding carboxylic acids is 1. The number of aromatic nitrogens is 2. The topological polar surface area (TPSA) is 84.2 Å². The zero-order valence-electron chi connectivity index (χ0n) is 9.64. The lowest BCUT2D eigenvalue weighted by molar-refractivity contribution is -0.119. The first-order valence-electron chi connectivity index (χ1n) is 5.60. The van der Waals surface area contributed by atoms with Crippen LogP contribution in [0.25, 0.3) is 0 Å². The Morgan fingerprint density at radius 3 is 3.06 bits per heavy atom. The number of hydrogen-bond donors (Lipinski definition) is 2. The Balaban J connectivity index is 2.08. The van der Waals surface area contributed by atoms with Crippen molar-refractivity contribution in [3.8, 4) is 0 Å². The summed E-state index contributed by atoms with van der Waals surface area (Å²) < 4.78 is 1.74. The second-order valence-corrected chi connectivity index (χ2v) is 4.33. The van der Waals surface area contributed by atoms with Crippen LogP contribution in [-0.2, 0) is 17.8 Å². The van der Waals surface area contributed by atoms with Gasteiger partial charge in [-0.25, -0.2) is 4.79 Å². The van der Waals surface area contributed by atoms with Gasteiger partial charge in [-0.2, -0.15) is 5.10 Å². The Morgan fingerprint density at radius 1 is 1.65 bits per heavy atom. The van der Waals surface area contributed by atoms with E-state index in [9.17, 15) is 9.59 Å². The zero-order chi connectivity index (χ0) is 12.4. The quantitative estimate of drug-likeness (QED) is 0.790. The lowest BCUT2D eigenvalue weighted by Crippen LogP contribution is -2.32. The number of rotatable bonds is 3. The predicted molar refractivity (Wildman–Crippen MR) is 59.7 cm³/mol. The molecule has 0 saturated heterocycles. The van der Waals surface area contributed by atoms with Gasteiger partial charge in [0.25, 0.3) is 0 Å². The maximum absolute atomic E-state index is 11.0. The summed E-state index contributed by atoms with van der Waals surface area (Å²) in [6.07, 6.45) is 2.97. The van der Waals surface area contributed by atoms with Crippen molar-refractivity contribution in [1.82, 2.24) is 15.1 Å². The molecule has 0 radical (unpaired) electrons. The molecule has 1 aromatic rings. The van der Waals surface area contributed by atoms with E-state index in [1.165, 1.54) is 13.1 Å². The summed E-state index contributed by atoms with van der Waals surface area (Å²) in [4.78, 5) is 21.8. The first-order chi connectivity index (χ1) is 8.08. The second-order valence-electron chi connectivity index (χ2n) is 4.33. The number of fused-ring (bicyclic) bond motifs is 1. The van der Waals surface area contributed by atoms with Gasteiger partial charge >= 0.3 is 5.97 Å². The number of aromatic carboxylic acids is 1. The molecule has 2 heterocycles. The predicted octanol–water partition coefficient (Wildman–Crippen LogP) is 0.280. The molecule has 17 heavy (non-hydrogen) atoms. The molecule has 1 amide bonds. The van der Waals surface area contributed by atoms with Crippen molar-refractivity contribution in [3.63, 3.8) is 0 Å². The van der Waals surface area contributed by atoms with Gasteiger partial charge in [-0.15, -0.1) is 0 Å². The summed E-state index contributed by atoms with van der Waals surface area (Å²) in [7, 11) is 0. The largest absolute Gasteiger partial charge is 0.478 e. The van der Waals surface area contributed by atoms with E-state index in [0.29, 0.717) is 25.4 Å². The highest BCUT2D eigenvalue weighted by molar-refractivity contribution is 5.88. The maximum atomic E-state index is 11.0. The summed E-state index contributed by atoms with van der Waals surface area (Å²) in [5.74, 6) is -0.699. The van der Waals surface area contributed by atoms with Crippen LogP contribution in [0.3, 0.4) is 0 Å². The van der Waals surface area contributed by atoms with Crippen LogP contribution in [0, 0.1) is 5.92 Å². The van der Waals surface area contributed by atoms with Crippen LogP contribution < -0.4 is 5.32 Å². The molecule has 0 aromatic carbocycles. The minimum absolute atomic E-state index is 0.0532. The molecule has 0 bridgehead atoms. The van der Waals surface area contributed by atoms with Gasteiger partial charge in [-0.05, 0) is 18.8 Å². The average molecular weight is 237 g/mol. The monoisotopic (exact) mass is 237 g/mol.